The maximum atomic E-state index is 12.4. The molecule has 1 aromatic heterocycles. The number of pyridine rings is 1. The molecule has 1 heterocycles. The molecule has 3 rings (SSSR count). The van der Waals surface area contributed by atoms with Crippen molar-refractivity contribution in [3.05, 3.63) is 95.8 Å². The Morgan fingerprint density at radius 1 is 0.893 bits per heavy atom. The Balaban J connectivity index is 1.55. The van der Waals surface area contributed by atoms with Crippen molar-refractivity contribution in [2.45, 2.75) is 17.9 Å². The highest BCUT2D eigenvalue weighted by molar-refractivity contribution is 7.89. The summed E-state index contributed by atoms with van der Waals surface area (Å²) in [7, 11) is -3.62. The Bertz CT molecular complexity index is 1010. The zero-order valence-corrected chi connectivity index (χ0v) is 16.0. The fourth-order valence-corrected chi connectivity index (χ4v) is 3.65. The number of hydrogen-bond acceptors (Lipinski definition) is 4. The molecule has 3 aromatic rings. The van der Waals surface area contributed by atoms with E-state index in [1.165, 1.54) is 24.3 Å². The van der Waals surface area contributed by atoms with Gasteiger partial charge in [-0.15, -0.1) is 0 Å². The summed E-state index contributed by atoms with van der Waals surface area (Å²) in [5.41, 5.74) is 2.20. The molecule has 0 atom stereocenters. The number of rotatable bonds is 8. The molecule has 0 fully saturated rings. The van der Waals surface area contributed by atoms with Crippen LogP contribution in [-0.2, 0) is 23.0 Å². The van der Waals surface area contributed by atoms with Crippen molar-refractivity contribution in [1.82, 2.24) is 15.0 Å². The molecular weight excluding hydrogens is 374 g/mol. The van der Waals surface area contributed by atoms with E-state index in [0.29, 0.717) is 25.1 Å². The first kappa shape index (κ1) is 19.7. The van der Waals surface area contributed by atoms with Crippen molar-refractivity contribution >= 4 is 15.9 Å². The summed E-state index contributed by atoms with van der Waals surface area (Å²) >= 11 is 0. The van der Waals surface area contributed by atoms with Gasteiger partial charge >= 0.3 is 0 Å². The largest absolute Gasteiger partial charge is 0.346 e. The second-order valence-corrected chi connectivity index (χ2v) is 7.93. The number of sulfonamides is 1. The molecule has 0 aliphatic rings. The lowest BCUT2D eigenvalue weighted by atomic mass is 10.2. The topological polar surface area (TPSA) is 88.2 Å². The summed E-state index contributed by atoms with van der Waals surface area (Å²) in [6.45, 7) is 0.611. The molecule has 28 heavy (non-hydrogen) atoms. The third kappa shape index (κ3) is 5.48. The van der Waals surface area contributed by atoms with E-state index in [4.69, 9.17) is 0 Å². The lowest BCUT2D eigenvalue weighted by molar-refractivity contribution is 0.0950. The van der Waals surface area contributed by atoms with Gasteiger partial charge in [0.2, 0.25) is 10.0 Å². The predicted molar refractivity (Wildman–Crippen MR) is 107 cm³/mol. The van der Waals surface area contributed by atoms with E-state index in [1.807, 2.05) is 42.5 Å². The molecular formula is C21H21N3O3S. The van der Waals surface area contributed by atoms with Gasteiger partial charge in [-0.25, -0.2) is 13.1 Å². The number of aromatic nitrogens is 1. The number of carbonyl (C=O) groups excluding carboxylic acids is 1. The molecule has 0 spiro atoms. The number of nitrogens with one attached hydrogen (secondary N) is 2. The minimum atomic E-state index is -3.62. The van der Waals surface area contributed by atoms with Crippen molar-refractivity contribution in [3.63, 3.8) is 0 Å². The zero-order valence-electron chi connectivity index (χ0n) is 15.2. The van der Waals surface area contributed by atoms with Crippen LogP contribution in [0.4, 0.5) is 0 Å². The SMILES string of the molecule is O=C(NCc1ccccn1)c1ccc(S(=O)(=O)NCCc2ccccc2)cc1. The van der Waals surface area contributed by atoms with Crippen molar-refractivity contribution in [1.29, 1.82) is 0 Å². The summed E-state index contributed by atoms with van der Waals surface area (Å²) in [6.07, 6.45) is 2.26. The van der Waals surface area contributed by atoms with Crippen LogP contribution in [0.5, 0.6) is 0 Å². The molecule has 0 aliphatic carbocycles. The summed E-state index contributed by atoms with van der Waals surface area (Å²) in [5.74, 6) is -0.286. The van der Waals surface area contributed by atoms with Crippen molar-refractivity contribution < 1.29 is 13.2 Å². The quantitative estimate of drug-likeness (QED) is 0.613. The van der Waals surface area contributed by atoms with Crippen molar-refractivity contribution in [2.75, 3.05) is 6.54 Å². The average Bonchev–Trinajstić information content (AvgIpc) is 2.73. The van der Waals surface area contributed by atoms with Gasteiger partial charge in [0.15, 0.2) is 0 Å². The number of hydrogen-bond donors (Lipinski definition) is 2. The Morgan fingerprint density at radius 2 is 1.61 bits per heavy atom. The molecule has 1 amide bonds. The maximum Gasteiger partial charge on any atom is 0.251 e. The Kier molecular flexibility index (Phi) is 6.52. The first-order valence-electron chi connectivity index (χ1n) is 8.86. The van der Waals surface area contributed by atoms with Crippen LogP contribution in [0.25, 0.3) is 0 Å². The van der Waals surface area contributed by atoms with Crippen LogP contribution in [0.3, 0.4) is 0 Å². The highest BCUT2D eigenvalue weighted by atomic mass is 32.2. The summed E-state index contributed by atoms with van der Waals surface area (Å²) in [6, 6.07) is 21.0. The average molecular weight is 395 g/mol. The number of benzene rings is 2. The van der Waals surface area contributed by atoms with Crippen LogP contribution in [0, 0.1) is 0 Å². The van der Waals surface area contributed by atoms with Gasteiger partial charge in [0.1, 0.15) is 0 Å². The van der Waals surface area contributed by atoms with E-state index in [2.05, 4.69) is 15.0 Å². The van der Waals surface area contributed by atoms with Crippen LogP contribution >= 0.6 is 0 Å². The first-order valence-corrected chi connectivity index (χ1v) is 10.3. The highest BCUT2D eigenvalue weighted by Crippen LogP contribution is 2.11. The van der Waals surface area contributed by atoms with Crippen molar-refractivity contribution in [3.8, 4) is 0 Å². The van der Waals surface area contributed by atoms with Crippen LogP contribution < -0.4 is 10.0 Å². The molecule has 0 unspecified atom stereocenters. The molecule has 6 nitrogen and oxygen atoms in total. The third-order valence-electron chi connectivity index (χ3n) is 4.13. The first-order chi connectivity index (χ1) is 13.5. The Morgan fingerprint density at radius 3 is 2.29 bits per heavy atom. The van der Waals surface area contributed by atoms with Crippen LogP contribution in [-0.4, -0.2) is 25.9 Å². The minimum absolute atomic E-state index is 0.127. The number of amides is 1. The van der Waals surface area contributed by atoms with Gasteiger partial charge in [-0.3, -0.25) is 9.78 Å². The summed E-state index contributed by atoms with van der Waals surface area (Å²) in [5, 5.41) is 2.76. The fourth-order valence-electron chi connectivity index (χ4n) is 2.62. The van der Waals surface area contributed by atoms with Gasteiger partial charge in [0, 0.05) is 18.3 Å². The Hall–Kier alpha value is -3.03. The monoisotopic (exact) mass is 395 g/mol. The lowest BCUT2D eigenvalue weighted by Crippen LogP contribution is -2.26. The molecule has 2 N–H and O–H groups in total. The molecule has 0 aliphatic heterocycles. The number of carbonyl (C=O) groups is 1. The van der Waals surface area contributed by atoms with E-state index >= 15 is 0 Å². The van der Waals surface area contributed by atoms with Crippen LogP contribution in [0.2, 0.25) is 0 Å². The summed E-state index contributed by atoms with van der Waals surface area (Å²) in [4.78, 5) is 16.5. The maximum absolute atomic E-state index is 12.4. The van der Waals surface area contributed by atoms with Gasteiger partial charge in [-0.2, -0.15) is 0 Å². The molecule has 0 radical (unpaired) electrons. The smallest absolute Gasteiger partial charge is 0.251 e. The van der Waals surface area contributed by atoms with Crippen LogP contribution in [0.15, 0.2) is 83.9 Å². The second kappa shape index (κ2) is 9.25. The van der Waals surface area contributed by atoms with Crippen molar-refractivity contribution in [2.24, 2.45) is 0 Å². The third-order valence-corrected chi connectivity index (χ3v) is 5.61. The molecule has 0 saturated heterocycles. The van der Waals surface area contributed by atoms with E-state index < -0.39 is 10.0 Å². The van der Waals surface area contributed by atoms with E-state index in [0.717, 1.165) is 11.3 Å². The van der Waals surface area contributed by atoms with Gasteiger partial charge in [0.25, 0.3) is 5.91 Å². The van der Waals surface area contributed by atoms with Gasteiger partial charge < -0.3 is 5.32 Å². The Labute approximate surface area is 164 Å². The normalized spacial score (nSPS) is 11.1. The highest BCUT2D eigenvalue weighted by Gasteiger charge is 2.14. The lowest BCUT2D eigenvalue weighted by Gasteiger charge is -2.08. The van der Waals surface area contributed by atoms with E-state index in [1.54, 1.807) is 12.3 Å². The minimum Gasteiger partial charge on any atom is -0.346 e. The van der Waals surface area contributed by atoms with E-state index in [-0.39, 0.29) is 10.8 Å². The molecule has 0 bridgehead atoms. The number of nitrogens with zero attached hydrogens (tertiary/aromatic N) is 1. The van der Waals surface area contributed by atoms with Gasteiger partial charge in [0.05, 0.1) is 17.1 Å². The van der Waals surface area contributed by atoms with Crippen LogP contribution in [0.1, 0.15) is 21.6 Å². The fraction of sp³-hybridized carbons (Fsp3) is 0.143. The molecule has 7 heteroatoms. The predicted octanol–water partition coefficient (Wildman–Crippen LogP) is 2.53. The standard InChI is InChI=1S/C21H21N3O3S/c25-21(23-16-19-8-4-5-14-22-19)18-9-11-20(12-10-18)28(26,27)24-15-13-17-6-2-1-3-7-17/h1-12,14,24H,13,15-16H2,(H,23,25). The molecule has 144 valence electrons. The van der Waals surface area contributed by atoms with E-state index in [9.17, 15) is 13.2 Å². The second-order valence-electron chi connectivity index (χ2n) is 6.16. The van der Waals surface area contributed by atoms with Gasteiger partial charge in [-0.05, 0) is 48.4 Å². The molecule has 0 saturated carbocycles. The zero-order chi connectivity index (χ0) is 19.8. The summed E-state index contributed by atoms with van der Waals surface area (Å²) < 4.78 is 27.4. The molecule has 2 aromatic carbocycles. The van der Waals surface area contributed by atoms with Gasteiger partial charge in [-0.1, -0.05) is 36.4 Å².